The smallest absolute Gasteiger partial charge is 0.151 e. The van der Waals surface area contributed by atoms with Crippen molar-refractivity contribution in [3.63, 3.8) is 0 Å². The molecular weight excluding hydrogens is 200 g/mol. The van der Waals surface area contributed by atoms with Crippen LogP contribution in [0.5, 0.6) is 0 Å². The van der Waals surface area contributed by atoms with Gasteiger partial charge in [0, 0.05) is 6.42 Å². The fraction of sp³-hybridized carbons (Fsp3) is 0.231. The minimum atomic E-state index is 0.0515. The molecule has 0 fully saturated rings. The van der Waals surface area contributed by atoms with Gasteiger partial charge >= 0.3 is 0 Å². The number of hydrogen-bond donors (Lipinski definition) is 0. The van der Waals surface area contributed by atoms with Crippen LogP contribution < -0.4 is 0 Å². The molecule has 3 heteroatoms. The van der Waals surface area contributed by atoms with Crippen molar-refractivity contribution in [1.29, 1.82) is 5.26 Å². The molecule has 1 heterocycles. The maximum Gasteiger partial charge on any atom is 0.151 e. The molecule has 0 aliphatic carbocycles. The Balaban J connectivity index is 2.12. The monoisotopic (exact) mass is 212 g/mol. The summed E-state index contributed by atoms with van der Waals surface area (Å²) in [5.41, 5.74) is 2.62. The lowest BCUT2D eigenvalue weighted by Gasteiger charge is -2.00. The molecule has 0 aromatic heterocycles. The van der Waals surface area contributed by atoms with E-state index in [0.29, 0.717) is 5.56 Å². The lowest BCUT2D eigenvalue weighted by molar-refractivity contribution is 0.120. The molecular formula is C13H12N2O. The lowest BCUT2D eigenvalue weighted by atomic mass is 10.0. The van der Waals surface area contributed by atoms with Gasteiger partial charge in [-0.05, 0) is 30.7 Å². The van der Waals surface area contributed by atoms with Crippen LogP contribution in [0.4, 0.5) is 0 Å². The molecule has 1 unspecified atom stereocenters. The highest BCUT2D eigenvalue weighted by atomic mass is 16.6. The van der Waals surface area contributed by atoms with Gasteiger partial charge in [-0.15, -0.1) is 0 Å². The van der Waals surface area contributed by atoms with Crippen LogP contribution in [0.3, 0.4) is 0 Å². The van der Waals surface area contributed by atoms with Crippen molar-refractivity contribution in [3.8, 4) is 6.07 Å². The van der Waals surface area contributed by atoms with E-state index in [2.05, 4.69) is 11.2 Å². The Labute approximate surface area is 94.6 Å². The number of oxime groups is 1. The van der Waals surface area contributed by atoms with Crippen molar-refractivity contribution in [2.24, 2.45) is 5.16 Å². The van der Waals surface area contributed by atoms with E-state index in [1.54, 1.807) is 12.1 Å². The van der Waals surface area contributed by atoms with E-state index >= 15 is 0 Å². The summed E-state index contributed by atoms with van der Waals surface area (Å²) >= 11 is 0. The zero-order valence-corrected chi connectivity index (χ0v) is 9.05. The van der Waals surface area contributed by atoms with Gasteiger partial charge in [0.25, 0.3) is 0 Å². The van der Waals surface area contributed by atoms with Gasteiger partial charge in [-0.1, -0.05) is 23.4 Å². The van der Waals surface area contributed by atoms with Gasteiger partial charge in [-0.2, -0.15) is 5.26 Å². The summed E-state index contributed by atoms with van der Waals surface area (Å²) in [4.78, 5) is 5.25. The van der Waals surface area contributed by atoms with E-state index in [4.69, 9.17) is 10.1 Å². The van der Waals surface area contributed by atoms with Gasteiger partial charge in [0.2, 0.25) is 0 Å². The maximum absolute atomic E-state index is 8.69. The van der Waals surface area contributed by atoms with E-state index in [1.807, 2.05) is 31.2 Å². The van der Waals surface area contributed by atoms with Crippen LogP contribution in [0.25, 0.3) is 0 Å². The van der Waals surface area contributed by atoms with E-state index in [0.717, 1.165) is 17.7 Å². The van der Waals surface area contributed by atoms with Gasteiger partial charge in [0.1, 0.15) is 0 Å². The second kappa shape index (κ2) is 4.63. The maximum atomic E-state index is 8.69. The predicted molar refractivity (Wildman–Crippen MR) is 62.0 cm³/mol. The van der Waals surface area contributed by atoms with Crippen LogP contribution in [-0.4, -0.2) is 11.8 Å². The average Bonchev–Trinajstić information content (AvgIpc) is 2.78. The molecule has 0 N–H and O–H groups in total. The van der Waals surface area contributed by atoms with Gasteiger partial charge in [-0.3, -0.25) is 0 Å². The lowest BCUT2D eigenvalue weighted by Crippen LogP contribution is -2.04. The summed E-state index contributed by atoms with van der Waals surface area (Å²) in [5, 5.41) is 12.7. The number of benzene rings is 1. The van der Waals surface area contributed by atoms with Crippen molar-refractivity contribution in [3.05, 3.63) is 47.5 Å². The van der Waals surface area contributed by atoms with Crippen LogP contribution in [0, 0.1) is 11.3 Å². The van der Waals surface area contributed by atoms with Gasteiger partial charge in [-0.25, -0.2) is 0 Å². The molecule has 0 bridgehead atoms. The average molecular weight is 212 g/mol. The Morgan fingerprint density at radius 2 is 2.19 bits per heavy atom. The normalized spacial score (nSPS) is 19.2. The van der Waals surface area contributed by atoms with E-state index in [-0.39, 0.29) is 6.10 Å². The zero-order chi connectivity index (χ0) is 11.4. The van der Waals surface area contributed by atoms with Crippen molar-refractivity contribution in [1.82, 2.24) is 0 Å². The molecule has 0 amide bonds. The highest BCUT2D eigenvalue weighted by Gasteiger charge is 2.19. The van der Waals surface area contributed by atoms with E-state index < -0.39 is 0 Å². The Morgan fingerprint density at radius 3 is 2.81 bits per heavy atom. The largest absolute Gasteiger partial charge is 0.388 e. The fourth-order valence-electron chi connectivity index (χ4n) is 1.62. The van der Waals surface area contributed by atoms with Gasteiger partial charge in [0.05, 0.1) is 17.3 Å². The quantitative estimate of drug-likeness (QED) is 0.707. The Morgan fingerprint density at radius 1 is 1.44 bits per heavy atom. The van der Waals surface area contributed by atoms with Crippen LogP contribution in [0.1, 0.15) is 24.5 Å². The standard InChI is InChI=1S/C13H12N2O/c1-2-3-12-8-13(15-16-12)11-6-4-10(9-14)5-7-11/h2-7,12H,8H2,1H3/b3-2+. The molecule has 16 heavy (non-hydrogen) atoms. The first kappa shape index (κ1) is 10.4. The molecule has 0 spiro atoms. The Bertz CT molecular complexity index is 466. The molecule has 1 aromatic carbocycles. The van der Waals surface area contributed by atoms with Crippen LogP contribution in [-0.2, 0) is 4.84 Å². The Kier molecular flexibility index (Phi) is 3.02. The molecule has 0 saturated carbocycles. The summed E-state index contributed by atoms with van der Waals surface area (Å²) in [6, 6.07) is 9.48. The molecule has 3 nitrogen and oxygen atoms in total. The molecule has 80 valence electrons. The molecule has 1 aliphatic heterocycles. The van der Waals surface area contributed by atoms with Crippen molar-refractivity contribution in [2.75, 3.05) is 0 Å². The van der Waals surface area contributed by atoms with Gasteiger partial charge in [0.15, 0.2) is 6.10 Å². The van der Waals surface area contributed by atoms with Crippen LogP contribution >= 0.6 is 0 Å². The summed E-state index contributed by atoms with van der Waals surface area (Å²) in [6.45, 7) is 1.96. The molecule has 2 rings (SSSR count). The SMILES string of the molecule is C/C=C/C1CC(c2ccc(C#N)cc2)=NO1. The Hall–Kier alpha value is -2.08. The third kappa shape index (κ3) is 2.12. The molecule has 1 aromatic rings. The molecule has 1 aliphatic rings. The summed E-state index contributed by atoms with van der Waals surface area (Å²) < 4.78 is 0. The first-order valence-electron chi connectivity index (χ1n) is 5.19. The molecule has 0 radical (unpaired) electrons. The number of rotatable bonds is 2. The number of nitrogens with zero attached hydrogens (tertiary/aromatic N) is 2. The topological polar surface area (TPSA) is 45.4 Å². The zero-order valence-electron chi connectivity index (χ0n) is 9.05. The van der Waals surface area contributed by atoms with Crippen molar-refractivity contribution in [2.45, 2.75) is 19.4 Å². The second-order valence-electron chi connectivity index (χ2n) is 3.60. The van der Waals surface area contributed by atoms with Crippen molar-refractivity contribution >= 4 is 5.71 Å². The van der Waals surface area contributed by atoms with Crippen LogP contribution in [0.2, 0.25) is 0 Å². The number of allylic oxidation sites excluding steroid dienone is 1. The molecule has 0 saturated heterocycles. The third-order valence-corrected chi connectivity index (χ3v) is 2.45. The van der Waals surface area contributed by atoms with Gasteiger partial charge < -0.3 is 4.84 Å². The van der Waals surface area contributed by atoms with E-state index in [9.17, 15) is 0 Å². The van der Waals surface area contributed by atoms with E-state index in [1.165, 1.54) is 0 Å². The number of hydrogen-bond acceptors (Lipinski definition) is 3. The molecule has 1 atom stereocenters. The predicted octanol–water partition coefficient (Wildman–Crippen LogP) is 2.63. The summed E-state index contributed by atoms with van der Waals surface area (Å²) in [7, 11) is 0. The first-order valence-corrected chi connectivity index (χ1v) is 5.19. The summed E-state index contributed by atoms with van der Waals surface area (Å²) in [6.07, 6.45) is 4.79. The number of nitriles is 1. The third-order valence-electron chi connectivity index (χ3n) is 2.45. The van der Waals surface area contributed by atoms with Crippen molar-refractivity contribution < 1.29 is 4.84 Å². The fourth-order valence-corrected chi connectivity index (χ4v) is 1.62. The minimum Gasteiger partial charge on any atom is -0.388 e. The highest BCUT2D eigenvalue weighted by molar-refractivity contribution is 6.01. The minimum absolute atomic E-state index is 0.0515. The summed E-state index contributed by atoms with van der Waals surface area (Å²) in [5.74, 6) is 0. The van der Waals surface area contributed by atoms with Crippen LogP contribution in [0.15, 0.2) is 41.6 Å². The second-order valence-corrected chi connectivity index (χ2v) is 3.60. The highest BCUT2D eigenvalue weighted by Crippen LogP contribution is 2.17. The first-order chi connectivity index (χ1) is 7.83.